The Balaban J connectivity index is 1.76. The first-order valence-electron chi connectivity index (χ1n) is 7.32. The van der Waals surface area contributed by atoms with E-state index in [2.05, 4.69) is 9.71 Å². The maximum Gasteiger partial charge on any atom is 0.241 e. The summed E-state index contributed by atoms with van der Waals surface area (Å²) in [6, 6.07) is 11.8. The molecule has 0 radical (unpaired) electrons. The Morgan fingerprint density at radius 1 is 1.08 bits per heavy atom. The maximum atomic E-state index is 12.9. The minimum atomic E-state index is -3.71. The van der Waals surface area contributed by atoms with Crippen molar-refractivity contribution in [3.8, 4) is 5.69 Å². The molecule has 2 aromatic carbocycles. The van der Waals surface area contributed by atoms with Crippen LogP contribution >= 0.6 is 0 Å². The molecule has 1 aromatic heterocycles. The second kappa shape index (κ2) is 6.54. The minimum Gasteiger partial charge on any atom is -0.306 e. The number of hydrogen-bond donors (Lipinski definition) is 1. The third-order valence-electron chi connectivity index (χ3n) is 3.65. The van der Waals surface area contributed by atoms with Gasteiger partial charge in [0.05, 0.1) is 11.2 Å². The number of nitrogens with zero attached hydrogens (tertiary/aromatic N) is 2. The number of nitrogens with one attached hydrogen (secondary N) is 1. The summed E-state index contributed by atoms with van der Waals surface area (Å²) >= 11 is 0. The van der Waals surface area contributed by atoms with Crippen molar-refractivity contribution in [1.82, 2.24) is 14.3 Å². The third kappa shape index (κ3) is 3.52. The molecule has 0 saturated carbocycles. The number of rotatable bonds is 5. The van der Waals surface area contributed by atoms with Crippen molar-refractivity contribution < 1.29 is 12.8 Å². The van der Waals surface area contributed by atoms with Gasteiger partial charge in [0.1, 0.15) is 5.82 Å². The number of sulfonamides is 1. The third-order valence-corrected chi connectivity index (χ3v) is 5.21. The number of imidazole rings is 1. The van der Waals surface area contributed by atoms with E-state index >= 15 is 0 Å². The van der Waals surface area contributed by atoms with Gasteiger partial charge in [-0.1, -0.05) is 12.1 Å². The summed E-state index contributed by atoms with van der Waals surface area (Å²) in [7, 11) is -3.71. The lowest BCUT2D eigenvalue weighted by Gasteiger charge is -2.15. The van der Waals surface area contributed by atoms with E-state index in [-0.39, 0.29) is 4.90 Å². The minimum absolute atomic E-state index is 0.0331. The second-order valence-corrected chi connectivity index (χ2v) is 7.07. The molecule has 24 heavy (non-hydrogen) atoms. The first kappa shape index (κ1) is 16.4. The molecular formula is C17H16FN3O2S. The van der Waals surface area contributed by atoms with Crippen molar-refractivity contribution in [3.63, 3.8) is 0 Å². The van der Waals surface area contributed by atoms with Gasteiger partial charge in [-0.15, -0.1) is 0 Å². The first-order chi connectivity index (χ1) is 11.5. The molecule has 0 aliphatic carbocycles. The van der Waals surface area contributed by atoms with Crippen LogP contribution in [0, 0.1) is 5.82 Å². The summed E-state index contributed by atoms with van der Waals surface area (Å²) in [4.78, 5) is 4.02. The van der Waals surface area contributed by atoms with Crippen LogP contribution < -0.4 is 4.72 Å². The van der Waals surface area contributed by atoms with Crippen LogP contribution in [0.25, 0.3) is 5.69 Å². The molecule has 0 fully saturated rings. The molecule has 0 spiro atoms. The predicted molar refractivity (Wildman–Crippen MR) is 88.7 cm³/mol. The second-order valence-electron chi connectivity index (χ2n) is 5.36. The highest BCUT2D eigenvalue weighted by Crippen LogP contribution is 2.19. The van der Waals surface area contributed by atoms with Crippen LogP contribution in [0.5, 0.6) is 0 Å². The number of hydrogen-bond acceptors (Lipinski definition) is 3. The van der Waals surface area contributed by atoms with Gasteiger partial charge in [-0.25, -0.2) is 22.5 Å². The van der Waals surface area contributed by atoms with Crippen molar-refractivity contribution in [3.05, 3.63) is 78.6 Å². The van der Waals surface area contributed by atoms with Crippen LogP contribution in [0.1, 0.15) is 18.5 Å². The van der Waals surface area contributed by atoms with Crippen molar-refractivity contribution in [2.75, 3.05) is 0 Å². The van der Waals surface area contributed by atoms with Crippen molar-refractivity contribution in [1.29, 1.82) is 0 Å². The van der Waals surface area contributed by atoms with Crippen molar-refractivity contribution in [2.24, 2.45) is 0 Å². The Morgan fingerprint density at radius 2 is 1.75 bits per heavy atom. The van der Waals surface area contributed by atoms with Crippen LogP contribution in [-0.2, 0) is 10.0 Å². The zero-order valence-electron chi connectivity index (χ0n) is 12.9. The molecule has 1 heterocycles. The molecule has 124 valence electrons. The fourth-order valence-corrected chi connectivity index (χ4v) is 3.56. The van der Waals surface area contributed by atoms with E-state index in [1.165, 1.54) is 12.1 Å². The summed E-state index contributed by atoms with van der Waals surface area (Å²) in [5, 5.41) is 0. The van der Waals surface area contributed by atoms with Gasteiger partial charge in [0.2, 0.25) is 10.0 Å². The van der Waals surface area contributed by atoms with E-state index in [4.69, 9.17) is 0 Å². The average Bonchev–Trinajstić information content (AvgIpc) is 3.09. The van der Waals surface area contributed by atoms with Crippen LogP contribution in [0.15, 0.2) is 72.1 Å². The molecule has 7 heteroatoms. The van der Waals surface area contributed by atoms with E-state index in [0.717, 1.165) is 23.4 Å². The molecule has 0 saturated heterocycles. The van der Waals surface area contributed by atoms with Gasteiger partial charge in [-0.3, -0.25) is 0 Å². The average molecular weight is 345 g/mol. The topological polar surface area (TPSA) is 64.0 Å². The largest absolute Gasteiger partial charge is 0.306 e. The molecule has 0 amide bonds. The quantitative estimate of drug-likeness (QED) is 0.773. The Bertz CT molecular complexity index is 905. The monoisotopic (exact) mass is 345 g/mol. The van der Waals surface area contributed by atoms with E-state index in [1.807, 2.05) is 35.0 Å². The highest BCUT2D eigenvalue weighted by molar-refractivity contribution is 7.89. The van der Waals surface area contributed by atoms with Crippen LogP contribution in [-0.4, -0.2) is 18.0 Å². The molecule has 3 rings (SSSR count). The molecule has 0 aliphatic rings. The van der Waals surface area contributed by atoms with Gasteiger partial charge in [-0.05, 0) is 48.9 Å². The van der Waals surface area contributed by atoms with Crippen LogP contribution in [0.4, 0.5) is 4.39 Å². The highest BCUT2D eigenvalue weighted by atomic mass is 32.2. The molecule has 0 aliphatic heterocycles. The Morgan fingerprint density at radius 3 is 2.33 bits per heavy atom. The van der Waals surface area contributed by atoms with Gasteiger partial charge < -0.3 is 4.57 Å². The standard InChI is InChI=1S/C17H16FN3O2S/c1-13(20-24(22,23)17-8-4-15(18)5-9-17)14-2-6-16(7-3-14)21-11-10-19-12-21/h2-13,20H,1H3/t13-/m0/s1. The zero-order valence-corrected chi connectivity index (χ0v) is 13.7. The fraction of sp³-hybridized carbons (Fsp3) is 0.118. The SMILES string of the molecule is C[C@H](NS(=O)(=O)c1ccc(F)cc1)c1ccc(-n2ccnc2)cc1. The highest BCUT2D eigenvalue weighted by Gasteiger charge is 2.18. The molecule has 0 unspecified atom stereocenters. The van der Waals surface area contributed by atoms with Gasteiger partial charge in [0.15, 0.2) is 0 Å². The molecule has 1 N–H and O–H groups in total. The van der Waals surface area contributed by atoms with Crippen LogP contribution in [0.2, 0.25) is 0 Å². The summed E-state index contributed by atoms with van der Waals surface area (Å²) in [6.45, 7) is 1.76. The summed E-state index contributed by atoms with van der Waals surface area (Å²) < 4.78 is 42.1. The molecule has 5 nitrogen and oxygen atoms in total. The lowest BCUT2D eigenvalue weighted by atomic mass is 10.1. The van der Waals surface area contributed by atoms with Crippen LogP contribution in [0.3, 0.4) is 0 Å². The normalized spacial score (nSPS) is 12.9. The summed E-state index contributed by atoms with van der Waals surface area (Å²) in [5.41, 5.74) is 1.76. The first-order valence-corrected chi connectivity index (χ1v) is 8.80. The van der Waals surface area contributed by atoms with E-state index < -0.39 is 21.9 Å². The molecule has 3 aromatic rings. The summed E-state index contributed by atoms with van der Waals surface area (Å²) in [6.07, 6.45) is 5.21. The molecular weight excluding hydrogens is 329 g/mol. The molecule has 0 bridgehead atoms. The Kier molecular flexibility index (Phi) is 4.46. The number of aromatic nitrogens is 2. The maximum absolute atomic E-state index is 12.9. The smallest absolute Gasteiger partial charge is 0.241 e. The van der Waals surface area contributed by atoms with Gasteiger partial charge in [-0.2, -0.15) is 0 Å². The Hall–Kier alpha value is -2.51. The Labute approximate surface area is 139 Å². The lowest BCUT2D eigenvalue weighted by molar-refractivity contribution is 0.566. The van der Waals surface area contributed by atoms with E-state index in [9.17, 15) is 12.8 Å². The van der Waals surface area contributed by atoms with Gasteiger partial charge in [0.25, 0.3) is 0 Å². The zero-order chi connectivity index (χ0) is 17.2. The van der Waals surface area contributed by atoms with Crippen molar-refractivity contribution in [2.45, 2.75) is 17.9 Å². The summed E-state index contributed by atoms with van der Waals surface area (Å²) in [5.74, 6) is -0.475. The van der Waals surface area contributed by atoms with Gasteiger partial charge >= 0.3 is 0 Å². The van der Waals surface area contributed by atoms with E-state index in [0.29, 0.717) is 0 Å². The van der Waals surface area contributed by atoms with Gasteiger partial charge in [0, 0.05) is 24.1 Å². The fourth-order valence-electron chi connectivity index (χ4n) is 2.33. The number of benzene rings is 2. The van der Waals surface area contributed by atoms with E-state index in [1.54, 1.807) is 19.4 Å². The lowest BCUT2D eigenvalue weighted by Crippen LogP contribution is -2.26. The number of halogens is 1. The molecule has 1 atom stereocenters. The predicted octanol–water partition coefficient (Wildman–Crippen LogP) is 3.05. The van der Waals surface area contributed by atoms with Crippen molar-refractivity contribution >= 4 is 10.0 Å².